The first-order valence-corrected chi connectivity index (χ1v) is 8.37. The number of hydrogen-bond acceptors (Lipinski definition) is 4. The average molecular weight is 328 g/mol. The van der Waals surface area contributed by atoms with Gasteiger partial charge in [-0.15, -0.1) is 0 Å². The first kappa shape index (κ1) is 18.5. The number of Topliss-reactive ketones (excluding diaryl/α,β-unsaturated/α-hetero) is 1. The maximum absolute atomic E-state index is 12.5. The van der Waals surface area contributed by atoms with E-state index < -0.39 is 28.7 Å². The Balaban J connectivity index is 2.81. The summed E-state index contributed by atoms with van der Waals surface area (Å²) in [7, 11) is -1.44. The summed E-state index contributed by atoms with van der Waals surface area (Å²) >= 11 is 0. The van der Waals surface area contributed by atoms with Crippen LogP contribution in [0.5, 0.6) is 0 Å². The van der Waals surface area contributed by atoms with Crippen molar-refractivity contribution in [3.05, 3.63) is 35.4 Å². The zero-order chi connectivity index (χ0) is 16.7. The lowest BCUT2D eigenvalue weighted by Gasteiger charge is -2.14. The number of esters is 1. The van der Waals surface area contributed by atoms with E-state index in [1.807, 2.05) is 13.8 Å². The molecule has 0 aliphatic rings. The minimum Gasteiger partial charge on any atom is -0.462 e. The Hall–Kier alpha value is -1.53. The van der Waals surface area contributed by atoms with Crippen molar-refractivity contribution in [3.63, 3.8) is 0 Å². The minimum absolute atomic E-state index is 0.0693. The number of benzene rings is 1. The van der Waals surface area contributed by atoms with Gasteiger partial charge in [-0.2, -0.15) is 0 Å². The van der Waals surface area contributed by atoms with Crippen molar-refractivity contribution < 1.29 is 23.3 Å². The normalized spacial score (nSPS) is 13.7. The van der Waals surface area contributed by atoms with Crippen LogP contribution in [0.3, 0.4) is 0 Å². The molecule has 0 aliphatic heterocycles. The van der Waals surface area contributed by atoms with Gasteiger partial charge in [0.25, 0.3) is 0 Å². The predicted molar refractivity (Wildman–Crippen MR) is 87.6 cm³/mol. The number of hydrogen-bond donors (Lipinski definition) is 1. The number of ketones is 1. The molecule has 0 radical (unpaired) electrons. The van der Waals surface area contributed by atoms with Crippen LogP contribution >= 0.6 is 10.8 Å². The maximum atomic E-state index is 12.5. The topological polar surface area (TPSA) is 63.6 Å². The number of halogens is 1. The molecule has 2 atom stereocenters. The van der Waals surface area contributed by atoms with Crippen LogP contribution in [0.4, 0.5) is 4.39 Å². The van der Waals surface area contributed by atoms with Gasteiger partial charge in [0.15, 0.2) is 5.78 Å². The van der Waals surface area contributed by atoms with Gasteiger partial charge < -0.3 is 9.29 Å². The predicted octanol–water partition coefficient (Wildman–Crippen LogP) is 3.58. The second-order valence-corrected chi connectivity index (χ2v) is 6.67. The van der Waals surface area contributed by atoms with Crippen LogP contribution in [0, 0.1) is 5.92 Å². The molecule has 4 nitrogen and oxygen atoms in total. The molecule has 22 heavy (non-hydrogen) atoms. The van der Waals surface area contributed by atoms with Crippen LogP contribution in [-0.2, 0) is 4.74 Å². The van der Waals surface area contributed by atoms with Gasteiger partial charge in [0, 0.05) is 5.56 Å². The highest BCUT2D eigenvalue weighted by molar-refractivity contribution is 8.10. The van der Waals surface area contributed by atoms with E-state index in [1.165, 1.54) is 24.3 Å². The SMILES string of the molecule is C=S(O)C(CCF)C(=O)c1ccc(C(=O)OCC(C)C)cc1. The highest BCUT2D eigenvalue weighted by Gasteiger charge is 2.22. The molecule has 0 saturated heterocycles. The van der Waals surface area contributed by atoms with Crippen molar-refractivity contribution in [3.8, 4) is 0 Å². The number of carbonyl (C=O) groups excluding carboxylic acids is 2. The third-order valence-corrected chi connectivity index (χ3v) is 4.05. The van der Waals surface area contributed by atoms with Crippen LogP contribution in [0.25, 0.3) is 0 Å². The fraction of sp³-hybridized carbons (Fsp3) is 0.438. The van der Waals surface area contributed by atoms with Gasteiger partial charge in [0.1, 0.15) is 0 Å². The molecule has 1 rings (SSSR count). The summed E-state index contributed by atoms with van der Waals surface area (Å²) in [5.74, 6) is 2.83. The van der Waals surface area contributed by atoms with Crippen LogP contribution in [0.2, 0.25) is 0 Å². The summed E-state index contributed by atoms with van der Waals surface area (Å²) in [6, 6.07) is 5.93. The molecule has 0 spiro atoms. The molecular weight excluding hydrogens is 307 g/mol. The van der Waals surface area contributed by atoms with E-state index in [-0.39, 0.29) is 18.1 Å². The molecule has 0 aliphatic carbocycles. The van der Waals surface area contributed by atoms with Crippen molar-refractivity contribution in [1.29, 1.82) is 0 Å². The van der Waals surface area contributed by atoms with E-state index >= 15 is 0 Å². The molecule has 1 aromatic rings. The Morgan fingerprint density at radius 2 is 1.82 bits per heavy atom. The van der Waals surface area contributed by atoms with Gasteiger partial charge in [-0.3, -0.25) is 9.18 Å². The van der Waals surface area contributed by atoms with Crippen LogP contribution < -0.4 is 0 Å². The molecule has 0 bridgehead atoms. The number of alkyl halides is 1. The van der Waals surface area contributed by atoms with E-state index in [1.54, 1.807) is 0 Å². The monoisotopic (exact) mass is 328 g/mol. The van der Waals surface area contributed by atoms with Gasteiger partial charge in [0.05, 0.1) is 24.1 Å². The Morgan fingerprint density at radius 3 is 2.27 bits per heavy atom. The summed E-state index contributed by atoms with van der Waals surface area (Å²) in [5.41, 5.74) is 0.658. The molecule has 1 N–H and O–H groups in total. The van der Waals surface area contributed by atoms with Gasteiger partial charge >= 0.3 is 5.97 Å². The van der Waals surface area contributed by atoms with Crippen molar-refractivity contribution >= 4 is 28.4 Å². The van der Waals surface area contributed by atoms with Crippen molar-refractivity contribution in [2.75, 3.05) is 13.3 Å². The maximum Gasteiger partial charge on any atom is 0.338 e. The number of carbonyl (C=O) groups is 2. The Morgan fingerprint density at radius 1 is 1.27 bits per heavy atom. The summed E-state index contributed by atoms with van der Waals surface area (Å²) in [4.78, 5) is 24.0. The zero-order valence-electron chi connectivity index (χ0n) is 12.8. The fourth-order valence-electron chi connectivity index (χ4n) is 1.77. The van der Waals surface area contributed by atoms with Gasteiger partial charge in [0.2, 0.25) is 0 Å². The first-order valence-electron chi connectivity index (χ1n) is 6.96. The third-order valence-electron chi connectivity index (χ3n) is 2.95. The molecule has 0 amide bonds. The van der Waals surface area contributed by atoms with Crippen LogP contribution in [0.15, 0.2) is 24.3 Å². The highest BCUT2D eigenvalue weighted by Crippen LogP contribution is 2.22. The Labute approximate surface area is 132 Å². The summed E-state index contributed by atoms with van der Waals surface area (Å²) in [5, 5.41) is -0.858. The molecule has 0 aromatic heterocycles. The van der Waals surface area contributed by atoms with Crippen molar-refractivity contribution in [2.24, 2.45) is 5.92 Å². The fourth-order valence-corrected chi connectivity index (χ4v) is 2.52. The molecule has 0 fully saturated rings. The average Bonchev–Trinajstić information content (AvgIpc) is 2.49. The second-order valence-electron chi connectivity index (χ2n) is 5.30. The van der Waals surface area contributed by atoms with E-state index in [4.69, 9.17) is 4.74 Å². The Kier molecular flexibility index (Phi) is 7.41. The summed E-state index contributed by atoms with van der Waals surface area (Å²) < 4.78 is 27.0. The van der Waals surface area contributed by atoms with Crippen LogP contribution in [-0.4, -0.2) is 40.7 Å². The molecule has 0 heterocycles. The second kappa shape index (κ2) is 8.80. The zero-order valence-corrected chi connectivity index (χ0v) is 13.6. The molecule has 6 heteroatoms. The van der Waals surface area contributed by atoms with Crippen LogP contribution in [0.1, 0.15) is 41.0 Å². The van der Waals surface area contributed by atoms with Crippen molar-refractivity contribution in [2.45, 2.75) is 25.5 Å². The molecule has 2 unspecified atom stereocenters. The number of ether oxygens (including phenoxy) is 1. The molecular formula is C16H21FO4S. The lowest BCUT2D eigenvalue weighted by molar-refractivity contribution is 0.0458. The molecule has 0 saturated carbocycles. The highest BCUT2D eigenvalue weighted by atomic mass is 32.2. The van der Waals surface area contributed by atoms with E-state index in [0.717, 1.165) is 0 Å². The first-order chi connectivity index (χ1) is 10.4. The largest absolute Gasteiger partial charge is 0.462 e. The van der Waals surface area contributed by atoms with E-state index in [9.17, 15) is 18.5 Å². The quantitative estimate of drug-likeness (QED) is 0.450. The third kappa shape index (κ3) is 5.35. The minimum atomic E-state index is -1.44. The number of rotatable bonds is 8. The van der Waals surface area contributed by atoms with Gasteiger partial charge in [-0.25, -0.2) is 4.79 Å². The molecule has 122 valence electrons. The molecule has 1 aromatic carbocycles. The lowest BCUT2D eigenvalue weighted by atomic mass is 10.0. The van der Waals surface area contributed by atoms with E-state index in [2.05, 4.69) is 5.87 Å². The van der Waals surface area contributed by atoms with E-state index in [0.29, 0.717) is 17.7 Å². The van der Waals surface area contributed by atoms with Crippen molar-refractivity contribution in [1.82, 2.24) is 0 Å². The summed E-state index contributed by atoms with van der Waals surface area (Å²) in [6.45, 7) is 3.50. The summed E-state index contributed by atoms with van der Waals surface area (Å²) in [6.07, 6.45) is -0.0693. The Bertz CT molecular complexity index is 540. The standard InChI is InChI=1S/C16H21FO4S/c1-11(2)10-21-16(19)13-6-4-12(5-7-13)15(18)14(8-9-17)22(3)20/h4-7,11,14,20H,3,8-10H2,1-2H3. The lowest BCUT2D eigenvalue weighted by Crippen LogP contribution is -2.20. The van der Waals surface area contributed by atoms with Gasteiger partial charge in [-0.05, 0) is 30.3 Å². The van der Waals surface area contributed by atoms with Gasteiger partial charge in [-0.1, -0.05) is 36.7 Å². The smallest absolute Gasteiger partial charge is 0.338 e.